The van der Waals surface area contributed by atoms with E-state index in [1.54, 1.807) is 18.5 Å². The van der Waals surface area contributed by atoms with Gasteiger partial charge in [-0.3, -0.25) is 4.79 Å². The number of rotatable bonds is 4. The molecule has 0 saturated carbocycles. The highest BCUT2D eigenvalue weighted by molar-refractivity contribution is 6.30. The van der Waals surface area contributed by atoms with E-state index >= 15 is 0 Å². The Labute approximate surface area is 140 Å². The minimum Gasteiger partial charge on any atom is -0.351 e. The first-order valence-electron chi connectivity index (χ1n) is 7.76. The maximum absolute atomic E-state index is 12.2. The number of hydrogen-bond acceptors (Lipinski definition) is 4. The predicted molar refractivity (Wildman–Crippen MR) is 90.6 cm³/mol. The first kappa shape index (κ1) is 15.7. The van der Waals surface area contributed by atoms with E-state index in [1.165, 1.54) is 0 Å². The summed E-state index contributed by atoms with van der Waals surface area (Å²) in [5, 5.41) is 3.76. The maximum atomic E-state index is 12.2. The van der Waals surface area contributed by atoms with Crippen LogP contribution in [0.1, 0.15) is 18.4 Å². The molecule has 0 bridgehead atoms. The minimum atomic E-state index is 0.0214. The van der Waals surface area contributed by atoms with Gasteiger partial charge in [0.15, 0.2) is 0 Å². The van der Waals surface area contributed by atoms with Gasteiger partial charge in [-0.15, -0.1) is 0 Å². The first-order chi connectivity index (χ1) is 11.2. The van der Waals surface area contributed by atoms with E-state index in [4.69, 9.17) is 11.6 Å². The van der Waals surface area contributed by atoms with Gasteiger partial charge in [-0.05, 0) is 36.6 Å². The number of nitrogens with one attached hydrogen (secondary N) is 1. The van der Waals surface area contributed by atoms with Crippen molar-refractivity contribution in [2.75, 3.05) is 18.0 Å². The molecule has 1 saturated heterocycles. The third-order valence-corrected chi connectivity index (χ3v) is 4.11. The van der Waals surface area contributed by atoms with E-state index in [0.29, 0.717) is 11.4 Å². The van der Waals surface area contributed by atoms with Crippen LogP contribution in [0, 0.1) is 0 Å². The van der Waals surface area contributed by atoms with Gasteiger partial charge in [0, 0.05) is 36.5 Å². The van der Waals surface area contributed by atoms with Gasteiger partial charge in [-0.25, -0.2) is 9.97 Å². The van der Waals surface area contributed by atoms with Gasteiger partial charge in [0.25, 0.3) is 0 Å². The molecule has 1 aliphatic heterocycles. The molecule has 1 amide bonds. The lowest BCUT2D eigenvalue weighted by Gasteiger charge is -2.33. The van der Waals surface area contributed by atoms with Crippen LogP contribution in [0.15, 0.2) is 42.7 Å². The average Bonchev–Trinajstić information content (AvgIpc) is 2.56. The van der Waals surface area contributed by atoms with Crippen LogP contribution < -0.4 is 10.2 Å². The molecule has 3 rings (SSSR count). The van der Waals surface area contributed by atoms with E-state index in [9.17, 15) is 4.79 Å². The summed E-state index contributed by atoms with van der Waals surface area (Å²) in [4.78, 5) is 22.9. The standard InChI is InChI=1S/C17H19ClN4O/c18-14-5-1-4-13(10-14)11-16(23)21-15-6-2-9-22(12-15)17-19-7-3-8-20-17/h1,3-5,7-8,10,15H,2,6,9,11-12H2,(H,21,23)/t15-/m0/s1. The molecular weight excluding hydrogens is 312 g/mol. The van der Waals surface area contributed by atoms with Crippen LogP contribution in [0.25, 0.3) is 0 Å². The Morgan fingerprint density at radius 1 is 1.30 bits per heavy atom. The Bertz CT molecular complexity index is 665. The molecule has 0 spiro atoms. The number of hydrogen-bond donors (Lipinski definition) is 1. The van der Waals surface area contributed by atoms with Crippen LogP contribution in [0.5, 0.6) is 0 Å². The van der Waals surface area contributed by atoms with Gasteiger partial charge < -0.3 is 10.2 Å². The second kappa shape index (κ2) is 7.42. The quantitative estimate of drug-likeness (QED) is 0.935. The lowest BCUT2D eigenvalue weighted by molar-refractivity contribution is -0.121. The van der Waals surface area contributed by atoms with Crippen LogP contribution in [0.2, 0.25) is 5.02 Å². The topological polar surface area (TPSA) is 58.1 Å². The number of carbonyl (C=O) groups excluding carboxylic acids is 1. The van der Waals surface area contributed by atoms with Crippen LogP contribution in [0.3, 0.4) is 0 Å². The Kier molecular flexibility index (Phi) is 5.08. The van der Waals surface area contributed by atoms with Crippen LogP contribution in [-0.4, -0.2) is 35.0 Å². The van der Waals surface area contributed by atoms with Crippen molar-refractivity contribution in [3.63, 3.8) is 0 Å². The Hall–Kier alpha value is -2.14. The van der Waals surface area contributed by atoms with Gasteiger partial charge in [-0.1, -0.05) is 23.7 Å². The second-order valence-electron chi connectivity index (χ2n) is 5.71. The van der Waals surface area contributed by atoms with Crippen molar-refractivity contribution in [3.05, 3.63) is 53.3 Å². The Morgan fingerprint density at radius 3 is 2.91 bits per heavy atom. The largest absolute Gasteiger partial charge is 0.351 e. The highest BCUT2D eigenvalue weighted by Crippen LogP contribution is 2.16. The summed E-state index contributed by atoms with van der Waals surface area (Å²) in [6.07, 6.45) is 5.82. The zero-order chi connectivity index (χ0) is 16.1. The Morgan fingerprint density at radius 2 is 2.13 bits per heavy atom. The van der Waals surface area contributed by atoms with Gasteiger partial charge in [0.1, 0.15) is 0 Å². The molecule has 0 aliphatic carbocycles. The van der Waals surface area contributed by atoms with Crippen molar-refractivity contribution in [1.29, 1.82) is 0 Å². The molecule has 1 atom stereocenters. The summed E-state index contributed by atoms with van der Waals surface area (Å²) < 4.78 is 0. The molecule has 5 nitrogen and oxygen atoms in total. The molecule has 2 aromatic rings. The summed E-state index contributed by atoms with van der Waals surface area (Å²) in [5.41, 5.74) is 0.925. The molecule has 1 N–H and O–H groups in total. The van der Waals surface area contributed by atoms with Crippen molar-refractivity contribution in [1.82, 2.24) is 15.3 Å². The fourth-order valence-electron chi connectivity index (χ4n) is 2.84. The van der Waals surface area contributed by atoms with Crippen molar-refractivity contribution < 1.29 is 4.79 Å². The molecular formula is C17H19ClN4O. The zero-order valence-corrected chi connectivity index (χ0v) is 13.5. The lowest BCUT2D eigenvalue weighted by Crippen LogP contribution is -2.48. The Balaban J connectivity index is 1.56. The third kappa shape index (κ3) is 4.42. The molecule has 6 heteroatoms. The van der Waals surface area contributed by atoms with E-state index in [1.807, 2.05) is 24.3 Å². The minimum absolute atomic E-state index is 0.0214. The van der Waals surface area contributed by atoms with Crippen LogP contribution >= 0.6 is 11.6 Å². The number of halogens is 1. The molecule has 1 aliphatic rings. The number of amides is 1. The summed E-state index contributed by atoms with van der Waals surface area (Å²) in [6, 6.07) is 9.33. The maximum Gasteiger partial charge on any atom is 0.225 e. The fourth-order valence-corrected chi connectivity index (χ4v) is 3.06. The van der Waals surface area contributed by atoms with Crippen molar-refractivity contribution in [2.45, 2.75) is 25.3 Å². The van der Waals surface area contributed by atoms with Crippen molar-refractivity contribution in [3.8, 4) is 0 Å². The predicted octanol–water partition coefficient (Wildman–Crippen LogP) is 2.46. The van der Waals surface area contributed by atoms with Gasteiger partial charge in [0.05, 0.1) is 6.42 Å². The summed E-state index contributed by atoms with van der Waals surface area (Å²) >= 11 is 5.95. The number of benzene rings is 1. The number of anilines is 1. The van der Waals surface area contributed by atoms with E-state index in [0.717, 1.165) is 37.4 Å². The van der Waals surface area contributed by atoms with E-state index in [-0.39, 0.29) is 11.9 Å². The number of carbonyl (C=O) groups is 1. The zero-order valence-electron chi connectivity index (χ0n) is 12.8. The molecule has 2 heterocycles. The smallest absolute Gasteiger partial charge is 0.225 e. The van der Waals surface area contributed by atoms with Crippen LogP contribution in [-0.2, 0) is 11.2 Å². The first-order valence-corrected chi connectivity index (χ1v) is 8.14. The monoisotopic (exact) mass is 330 g/mol. The van der Waals surface area contributed by atoms with Gasteiger partial charge in [-0.2, -0.15) is 0 Å². The number of nitrogens with zero attached hydrogens (tertiary/aromatic N) is 3. The SMILES string of the molecule is O=C(Cc1cccc(Cl)c1)N[C@H]1CCCN(c2ncccn2)C1. The second-order valence-corrected chi connectivity index (χ2v) is 6.14. The van der Waals surface area contributed by atoms with Crippen LogP contribution in [0.4, 0.5) is 5.95 Å². The van der Waals surface area contributed by atoms with Crippen molar-refractivity contribution in [2.24, 2.45) is 0 Å². The van der Waals surface area contributed by atoms with Gasteiger partial charge >= 0.3 is 0 Å². The number of aromatic nitrogens is 2. The summed E-state index contributed by atoms with van der Waals surface area (Å²) in [5.74, 6) is 0.745. The lowest BCUT2D eigenvalue weighted by atomic mass is 10.1. The van der Waals surface area contributed by atoms with E-state index < -0.39 is 0 Å². The molecule has 1 fully saturated rings. The molecule has 1 aromatic carbocycles. The molecule has 0 unspecified atom stereocenters. The molecule has 1 aromatic heterocycles. The average molecular weight is 331 g/mol. The highest BCUT2D eigenvalue weighted by atomic mass is 35.5. The molecule has 0 radical (unpaired) electrons. The fraction of sp³-hybridized carbons (Fsp3) is 0.353. The van der Waals surface area contributed by atoms with E-state index in [2.05, 4.69) is 20.2 Å². The summed E-state index contributed by atoms with van der Waals surface area (Å²) in [7, 11) is 0. The number of piperidine rings is 1. The normalized spacial score (nSPS) is 17.8. The van der Waals surface area contributed by atoms with Gasteiger partial charge in [0.2, 0.25) is 11.9 Å². The van der Waals surface area contributed by atoms with Crippen molar-refractivity contribution >= 4 is 23.5 Å². The highest BCUT2D eigenvalue weighted by Gasteiger charge is 2.22. The molecule has 23 heavy (non-hydrogen) atoms. The summed E-state index contributed by atoms with van der Waals surface area (Å²) in [6.45, 7) is 1.66. The third-order valence-electron chi connectivity index (χ3n) is 3.88. The molecule has 120 valence electrons.